The fraction of sp³-hybridized carbons (Fsp3) is 0.438. The predicted octanol–water partition coefficient (Wildman–Crippen LogP) is 2.32. The van der Waals surface area contributed by atoms with Crippen LogP contribution in [0.5, 0.6) is 0 Å². The smallest absolute Gasteiger partial charge is 0.309 e. The van der Waals surface area contributed by atoms with Crippen LogP contribution in [0.4, 0.5) is 11.4 Å². The zero-order valence-electron chi connectivity index (χ0n) is 12.7. The van der Waals surface area contributed by atoms with Crippen molar-refractivity contribution in [1.82, 2.24) is 0 Å². The summed E-state index contributed by atoms with van der Waals surface area (Å²) >= 11 is 0. The number of anilines is 2. The molecule has 0 unspecified atom stereocenters. The van der Waals surface area contributed by atoms with Gasteiger partial charge in [-0.3, -0.25) is 14.4 Å². The first-order valence-electron chi connectivity index (χ1n) is 7.34. The monoisotopic (exact) mass is 304 g/mol. The molecule has 2 amide bonds. The van der Waals surface area contributed by atoms with E-state index >= 15 is 0 Å². The fourth-order valence-corrected chi connectivity index (χ4v) is 2.05. The Balaban J connectivity index is 1.84. The lowest BCUT2D eigenvalue weighted by Gasteiger charge is -2.24. The Morgan fingerprint density at radius 1 is 1.09 bits per heavy atom. The summed E-state index contributed by atoms with van der Waals surface area (Å²) in [4.78, 5) is 34.6. The molecule has 6 heteroatoms. The number of esters is 1. The standard InChI is InChI=1S/C16H20N2O4/c1-10(22-16(21)12-4-3-5-12)15(20)18-14-8-6-13(7-9-14)17-11(2)19/h6-10,12H,3-5H2,1-2H3,(H,17,19)(H,18,20)/t10-/m0/s1. The summed E-state index contributed by atoms with van der Waals surface area (Å²) in [5.41, 5.74) is 1.22. The zero-order chi connectivity index (χ0) is 16.1. The second-order valence-corrected chi connectivity index (χ2v) is 5.45. The van der Waals surface area contributed by atoms with Crippen LogP contribution in [0.3, 0.4) is 0 Å². The number of amides is 2. The molecule has 1 atom stereocenters. The molecule has 0 bridgehead atoms. The minimum atomic E-state index is -0.830. The van der Waals surface area contributed by atoms with E-state index < -0.39 is 6.10 Å². The number of benzene rings is 1. The highest BCUT2D eigenvalue weighted by atomic mass is 16.5. The van der Waals surface area contributed by atoms with Gasteiger partial charge in [0.15, 0.2) is 6.10 Å². The van der Waals surface area contributed by atoms with Crippen LogP contribution < -0.4 is 10.6 Å². The molecule has 1 saturated carbocycles. The van der Waals surface area contributed by atoms with Gasteiger partial charge in [-0.25, -0.2) is 0 Å². The van der Waals surface area contributed by atoms with Crippen LogP contribution >= 0.6 is 0 Å². The summed E-state index contributed by atoms with van der Waals surface area (Å²) in [7, 11) is 0. The van der Waals surface area contributed by atoms with Crippen LogP contribution in [-0.4, -0.2) is 23.9 Å². The Bertz CT molecular complexity index is 564. The van der Waals surface area contributed by atoms with Crippen LogP contribution in [-0.2, 0) is 19.1 Å². The van der Waals surface area contributed by atoms with Crippen molar-refractivity contribution in [2.75, 3.05) is 10.6 Å². The van der Waals surface area contributed by atoms with Crippen molar-refractivity contribution in [3.63, 3.8) is 0 Å². The van der Waals surface area contributed by atoms with Gasteiger partial charge in [-0.1, -0.05) is 6.42 Å². The van der Waals surface area contributed by atoms with E-state index in [1.165, 1.54) is 6.92 Å². The van der Waals surface area contributed by atoms with E-state index in [4.69, 9.17) is 4.74 Å². The van der Waals surface area contributed by atoms with E-state index in [9.17, 15) is 14.4 Å². The van der Waals surface area contributed by atoms with Gasteiger partial charge in [0.05, 0.1) is 5.92 Å². The third-order valence-electron chi connectivity index (χ3n) is 3.57. The average Bonchev–Trinajstić information content (AvgIpc) is 2.38. The molecule has 0 aliphatic heterocycles. The summed E-state index contributed by atoms with van der Waals surface area (Å²) in [6.07, 6.45) is 1.90. The SMILES string of the molecule is CC(=O)Nc1ccc(NC(=O)[C@H](C)OC(=O)C2CCC2)cc1. The molecule has 6 nitrogen and oxygen atoms in total. The second-order valence-electron chi connectivity index (χ2n) is 5.45. The van der Waals surface area contributed by atoms with Gasteiger partial charge in [-0.2, -0.15) is 0 Å². The number of carbonyl (C=O) groups is 3. The third-order valence-corrected chi connectivity index (χ3v) is 3.57. The van der Waals surface area contributed by atoms with Crippen LogP contribution in [0.1, 0.15) is 33.1 Å². The van der Waals surface area contributed by atoms with Gasteiger partial charge in [-0.05, 0) is 44.0 Å². The Morgan fingerprint density at radius 2 is 1.64 bits per heavy atom. The predicted molar refractivity (Wildman–Crippen MR) is 82.3 cm³/mol. The average molecular weight is 304 g/mol. The highest BCUT2D eigenvalue weighted by Crippen LogP contribution is 2.27. The molecular formula is C16H20N2O4. The van der Waals surface area contributed by atoms with E-state index in [1.807, 2.05) is 0 Å². The summed E-state index contributed by atoms with van der Waals surface area (Å²) in [6.45, 7) is 2.98. The zero-order valence-corrected chi connectivity index (χ0v) is 12.7. The van der Waals surface area contributed by atoms with Gasteiger partial charge in [0, 0.05) is 18.3 Å². The summed E-state index contributed by atoms with van der Waals surface area (Å²) in [5, 5.41) is 5.31. The van der Waals surface area contributed by atoms with Crippen molar-refractivity contribution in [3.05, 3.63) is 24.3 Å². The molecule has 1 fully saturated rings. The van der Waals surface area contributed by atoms with Crippen molar-refractivity contribution in [1.29, 1.82) is 0 Å². The summed E-state index contributed by atoms with van der Waals surface area (Å²) in [6, 6.07) is 6.71. The van der Waals surface area contributed by atoms with E-state index in [0.29, 0.717) is 11.4 Å². The number of rotatable bonds is 5. The molecule has 1 aliphatic carbocycles. The molecule has 2 rings (SSSR count). The molecule has 0 saturated heterocycles. The first-order valence-corrected chi connectivity index (χ1v) is 7.34. The van der Waals surface area contributed by atoms with Crippen LogP contribution in [0.15, 0.2) is 24.3 Å². The Labute approximate surface area is 129 Å². The molecule has 118 valence electrons. The molecular weight excluding hydrogens is 284 g/mol. The van der Waals surface area contributed by atoms with E-state index in [0.717, 1.165) is 19.3 Å². The Hall–Kier alpha value is -2.37. The summed E-state index contributed by atoms with van der Waals surface area (Å²) in [5.74, 6) is -0.879. The lowest BCUT2D eigenvalue weighted by atomic mass is 9.86. The molecule has 0 spiro atoms. The van der Waals surface area contributed by atoms with Gasteiger partial charge < -0.3 is 15.4 Å². The second kappa shape index (κ2) is 7.06. The van der Waals surface area contributed by atoms with Crippen molar-refractivity contribution in [2.45, 2.75) is 39.2 Å². The normalized spacial score (nSPS) is 15.4. The van der Waals surface area contributed by atoms with Crippen molar-refractivity contribution in [2.24, 2.45) is 5.92 Å². The van der Waals surface area contributed by atoms with Crippen LogP contribution in [0.25, 0.3) is 0 Å². The van der Waals surface area contributed by atoms with Crippen molar-refractivity contribution in [3.8, 4) is 0 Å². The van der Waals surface area contributed by atoms with Gasteiger partial charge in [-0.15, -0.1) is 0 Å². The highest BCUT2D eigenvalue weighted by Gasteiger charge is 2.29. The molecule has 0 aromatic heterocycles. The number of hydrogen-bond donors (Lipinski definition) is 2. The molecule has 1 aliphatic rings. The maximum atomic E-state index is 12.0. The largest absolute Gasteiger partial charge is 0.452 e. The number of ether oxygens (including phenoxy) is 1. The van der Waals surface area contributed by atoms with Crippen molar-refractivity contribution >= 4 is 29.2 Å². The first kappa shape index (κ1) is 16.0. The minimum Gasteiger partial charge on any atom is -0.452 e. The quantitative estimate of drug-likeness (QED) is 0.818. The number of carbonyl (C=O) groups excluding carboxylic acids is 3. The van der Waals surface area contributed by atoms with Crippen LogP contribution in [0.2, 0.25) is 0 Å². The fourth-order valence-electron chi connectivity index (χ4n) is 2.05. The van der Waals surface area contributed by atoms with Crippen LogP contribution in [0, 0.1) is 5.92 Å². The van der Waals surface area contributed by atoms with Gasteiger partial charge >= 0.3 is 5.97 Å². The number of hydrogen-bond acceptors (Lipinski definition) is 4. The maximum absolute atomic E-state index is 12.0. The van der Waals surface area contributed by atoms with E-state index in [-0.39, 0.29) is 23.7 Å². The molecule has 0 radical (unpaired) electrons. The molecule has 0 heterocycles. The van der Waals surface area contributed by atoms with Crippen molar-refractivity contribution < 1.29 is 19.1 Å². The molecule has 22 heavy (non-hydrogen) atoms. The van der Waals surface area contributed by atoms with Gasteiger partial charge in [0.25, 0.3) is 5.91 Å². The minimum absolute atomic E-state index is 0.0489. The topological polar surface area (TPSA) is 84.5 Å². The summed E-state index contributed by atoms with van der Waals surface area (Å²) < 4.78 is 5.16. The number of nitrogens with one attached hydrogen (secondary N) is 2. The molecule has 1 aromatic rings. The highest BCUT2D eigenvalue weighted by molar-refractivity contribution is 5.95. The Kier molecular flexibility index (Phi) is 5.14. The maximum Gasteiger partial charge on any atom is 0.309 e. The first-order chi connectivity index (χ1) is 10.5. The van der Waals surface area contributed by atoms with E-state index in [2.05, 4.69) is 10.6 Å². The lowest BCUT2D eigenvalue weighted by Crippen LogP contribution is -2.34. The van der Waals surface area contributed by atoms with Gasteiger partial charge in [0.2, 0.25) is 5.91 Å². The third kappa shape index (κ3) is 4.31. The molecule has 1 aromatic carbocycles. The molecule has 2 N–H and O–H groups in total. The Morgan fingerprint density at radius 3 is 2.09 bits per heavy atom. The van der Waals surface area contributed by atoms with E-state index in [1.54, 1.807) is 31.2 Å². The lowest BCUT2D eigenvalue weighted by molar-refractivity contribution is -0.159. The van der Waals surface area contributed by atoms with Gasteiger partial charge in [0.1, 0.15) is 0 Å².